The molecule has 3 rings (SSSR count). The maximum atomic E-state index is 14.5. The molecule has 1 heterocycles. The number of hydrogen-bond donors (Lipinski definition) is 2. The molecule has 0 fully saturated rings. The Morgan fingerprint density at radius 2 is 2.00 bits per heavy atom. The lowest BCUT2D eigenvalue weighted by atomic mass is 10.1. The van der Waals surface area contributed by atoms with Gasteiger partial charge in [-0.05, 0) is 27.6 Å². The summed E-state index contributed by atoms with van der Waals surface area (Å²) in [6.45, 7) is 0.132. The summed E-state index contributed by atoms with van der Waals surface area (Å²) in [5.74, 6) is -2.25. The van der Waals surface area contributed by atoms with Crippen molar-refractivity contribution in [2.75, 3.05) is 7.05 Å². The van der Waals surface area contributed by atoms with E-state index in [2.05, 4.69) is 26.2 Å². The number of carbonyl (C=O) groups is 2. The molecule has 1 amide bonds. The molecule has 1 aromatic heterocycles. The monoisotopic (exact) mass is 404 g/mol. The van der Waals surface area contributed by atoms with Crippen LogP contribution in [0.3, 0.4) is 0 Å². The normalized spacial score (nSPS) is 10.7. The number of hydrogen-bond acceptors (Lipinski definition) is 3. The Morgan fingerprint density at radius 1 is 1.28 bits per heavy atom. The van der Waals surface area contributed by atoms with Crippen molar-refractivity contribution in [2.45, 2.75) is 6.61 Å². The third kappa shape index (κ3) is 3.28. The van der Waals surface area contributed by atoms with Crippen molar-refractivity contribution < 1.29 is 18.7 Å². The summed E-state index contributed by atoms with van der Waals surface area (Å²) in [7, 11) is 1.36. The van der Waals surface area contributed by atoms with Crippen LogP contribution >= 0.6 is 15.9 Å². The smallest absolute Gasteiger partial charge is 0.292 e. The summed E-state index contributed by atoms with van der Waals surface area (Å²) >= 11 is 3.26. The first-order chi connectivity index (χ1) is 12.0. The molecule has 0 saturated carbocycles. The van der Waals surface area contributed by atoms with Gasteiger partial charge in [0.2, 0.25) is 0 Å². The molecule has 0 atom stereocenters. The van der Waals surface area contributed by atoms with E-state index in [1.54, 1.807) is 0 Å². The van der Waals surface area contributed by atoms with Gasteiger partial charge in [-0.1, -0.05) is 30.3 Å². The molecule has 25 heavy (non-hydrogen) atoms. The lowest BCUT2D eigenvalue weighted by Gasteiger charge is -2.11. The minimum Gasteiger partial charge on any atom is -0.485 e. The minimum atomic E-state index is -0.782. The second-order valence-electron chi connectivity index (χ2n) is 5.30. The molecule has 5 nitrogen and oxygen atoms in total. The second kappa shape index (κ2) is 7.06. The summed E-state index contributed by atoms with van der Waals surface area (Å²) in [6, 6.07) is 10.5. The largest absolute Gasteiger partial charge is 0.485 e. The molecule has 0 aliphatic heterocycles. The second-order valence-corrected chi connectivity index (χ2v) is 6.16. The van der Waals surface area contributed by atoms with E-state index in [-0.39, 0.29) is 23.3 Å². The Hall–Kier alpha value is -2.67. The Kier molecular flexibility index (Phi) is 4.85. The quantitative estimate of drug-likeness (QED) is 0.504. The molecule has 0 aliphatic rings. The van der Waals surface area contributed by atoms with Crippen molar-refractivity contribution in [3.8, 4) is 5.75 Å². The van der Waals surface area contributed by atoms with Crippen molar-refractivity contribution in [3.63, 3.8) is 0 Å². The number of Topliss-reactive ketones (excluding diaryl/α,β-unsaturated/α-hetero) is 1. The van der Waals surface area contributed by atoms with Crippen LogP contribution < -0.4 is 10.1 Å². The van der Waals surface area contributed by atoms with Gasteiger partial charge in [-0.3, -0.25) is 9.59 Å². The van der Waals surface area contributed by atoms with Gasteiger partial charge in [0, 0.05) is 17.7 Å². The van der Waals surface area contributed by atoms with Gasteiger partial charge in [0.25, 0.3) is 11.7 Å². The Bertz CT molecular complexity index is 954. The van der Waals surface area contributed by atoms with E-state index < -0.39 is 17.5 Å². The number of benzene rings is 2. The van der Waals surface area contributed by atoms with E-state index in [1.807, 2.05) is 30.3 Å². The fraction of sp³-hybridized carbons (Fsp3) is 0.111. The number of likely N-dealkylation sites (N-methyl/N-ethyl adjacent to an activating group) is 1. The maximum absolute atomic E-state index is 14.5. The molecule has 2 aromatic carbocycles. The van der Waals surface area contributed by atoms with Crippen molar-refractivity contribution in [1.82, 2.24) is 10.3 Å². The lowest BCUT2D eigenvalue weighted by molar-refractivity contribution is -0.116. The molecule has 128 valence electrons. The van der Waals surface area contributed by atoms with Crippen LogP contribution in [0.4, 0.5) is 4.39 Å². The van der Waals surface area contributed by atoms with Gasteiger partial charge in [0.1, 0.15) is 6.61 Å². The van der Waals surface area contributed by atoms with Crippen molar-refractivity contribution in [1.29, 1.82) is 0 Å². The van der Waals surface area contributed by atoms with Crippen LogP contribution in [0.1, 0.15) is 15.9 Å². The van der Waals surface area contributed by atoms with Gasteiger partial charge in [0.15, 0.2) is 11.6 Å². The molecule has 0 saturated heterocycles. The van der Waals surface area contributed by atoms with E-state index in [9.17, 15) is 14.0 Å². The van der Waals surface area contributed by atoms with Crippen LogP contribution in [0.2, 0.25) is 0 Å². The fourth-order valence-corrected chi connectivity index (χ4v) is 3.02. The molecular weight excluding hydrogens is 391 g/mol. The van der Waals surface area contributed by atoms with E-state index in [0.717, 1.165) is 5.56 Å². The molecular formula is C18H14BrFN2O3. The molecule has 0 aliphatic carbocycles. The summed E-state index contributed by atoms with van der Waals surface area (Å²) in [4.78, 5) is 26.9. The molecule has 0 bridgehead atoms. The molecule has 7 heteroatoms. The first-order valence-corrected chi connectivity index (χ1v) is 8.24. The molecule has 3 aromatic rings. The van der Waals surface area contributed by atoms with Gasteiger partial charge >= 0.3 is 0 Å². The Morgan fingerprint density at radius 3 is 2.68 bits per heavy atom. The fourth-order valence-electron chi connectivity index (χ4n) is 2.50. The van der Waals surface area contributed by atoms with Crippen LogP contribution in [-0.2, 0) is 11.4 Å². The van der Waals surface area contributed by atoms with Gasteiger partial charge in [0.05, 0.1) is 16.5 Å². The number of aromatic nitrogens is 1. The van der Waals surface area contributed by atoms with Crippen LogP contribution in [0.15, 0.2) is 47.1 Å². The minimum absolute atomic E-state index is 0.0533. The van der Waals surface area contributed by atoms with Crippen LogP contribution in [0.5, 0.6) is 5.75 Å². The first-order valence-electron chi connectivity index (χ1n) is 7.45. The zero-order valence-corrected chi connectivity index (χ0v) is 14.8. The lowest BCUT2D eigenvalue weighted by Crippen LogP contribution is -2.27. The van der Waals surface area contributed by atoms with Crippen LogP contribution in [0, 0.1) is 5.82 Å². The summed E-state index contributed by atoms with van der Waals surface area (Å²) < 4.78 is 20.6. The molecule has 0 unspecified atom stereocenters. The number of ether oxygens (including phenoxy) is 1. The molecule has 0 radical (unpaired) electrons. The number of fused-ring (bicyclic) bond motifs is 1. The third-order valence-corrected chi connectivity index (χ3v) is 4.35. The number of H-pyrrole nitrogens is 1. The Labute approximate surface area is 151 Å². The van der Waals surface area contributed by atoms with E-state index in [0.29, 0.717) is 9.99 Å². The van der Waals surface area contributed by atoms with Crippen molar-refractivity contribution in [2.24, 2.45) is 0 Å². The SMILES string of the molecule is CNC(=O)C(=O)c1c[nH]c2c(Br)cc(F)c(OCc3ccccc3)c12. The van der Waals surface area contributed by atoms with Gasteiger partial charge in [-0.15, -0.1) is 0 Å². The highest BCUT2D eigenvalue weighted by Crippen LogP contribution is 2.37. The first kappa shape index (κ1) is 17.2. The van der Waals surface area contributed by atoms with E-state index in [4.69, 9.17) is 4.74 Å². The van der Waals surface area contributed by atoms with Gasteiger partial charge in [-0.25, -0.2) is 4.39 Å². The number of halogens is 2. The summed E-state index contributed by atoms with van der Waals surface area (Å²) in [6.07, 6.45) is 1.38. The van der Waals surface area contributed by atoms with E-state index in [1.165, 1.54) is 19.3 Å². The van der Waals surface area contributed by atoms with Gasteiger partial charge in [-0.2, -0.15) is 0 Å². The van der Waals surface area contributed by atoms with Gasteiger partial charge < -0.3 is 15.0 Å². The predicted molar refractivity (Wildman–Crippen MR) is 95.1 cm³/mol. The number of ketones is 1. The topological polar surface area (TPSA) is 71.2 Å². The third-order valence-electron chi connectivity index (χ3n) is 3.72. The highest BCUT2D eigenvalue weighted by atomic mass is 79.9. The van der Waals surface area contributed by atoms with Crippen molar-refractivity contribution in [3.05, 3.63) is 64.0 Å². The highest BCUT2D eigenvalue weighted by Gasteiger charge is 2.24. The standard InChI is InChI=1S/C18H14BrFN2O3/c1-21-18(24)16(23)11-8-22-15-12(19)7-13(20)17(14(11)15)25-9-10-5-3-2-4-6-10/h2-8,22H,9H2,1H3,(H,21,24). The zero-order valence-electron chi connectivity index (χ0n) is 13.2. The molecule has 0 spiro atoms. The molecule has 2 N–H and O–H groups in total. The number of amides is 1. The van der Waals surface area contributed by atoms with E-state index >= 15 is 0 Å². The van der Waals surface area contributed by atoms with Crippen LogP contribution in [-0.4, -0.2) is 23.7 Å². The van der Waals surface area contributed by atoms with Crippen LogP contribution in [0.25, 0.3) is 10.9 Å². The summed E-state index contributed by atoms with van der Waals surface area (Å²) in [5.41, 5.74) is 1.39. The highest BCUT2D eigenvalue weighted by molar-refractivity contribution is 9.10. The number of rotatable bonds is 5. The average molecular weight is 405 g/mol. The van der Waals surface area contributed by atoms with Crippen molar-refractivity contribution >= 4 is 38.5 Å². The number of nitrogens with one attached hydrogen (secondary N) is 2. The average Bonchev–Trinajstić information content (AvgIpc) is 3.06. The maximum Gasteiger partial charge on any atom is 0.292 e. The number of carbonyl (C=O) groups excluding carboxylic acids is 2. The summed E-state index contributed by atoms with van der Waals surface area (Å²) in [5, 5.41) is 2.51. The zero-order chi connectivity index (χ0) is 18.0. The number of aromatic amines is 1. The Balaban J connectivity index is 2.08. The predicted octanol–water partition coefficient (Wildman–Crippen LogP) is 3.58.